The number of aryl methyl sites for hydroxylation is 1. The van der Waals surface area contributed by atoms with Gasteiger partial charge in [-0.05, 0) is 70.0 Å². The molecule has 0 fully saturated rings. The summed E-state index contributed by atoms with van der Waals surface area (Å²) in [7, 11) is 0. The molecule has 4 nitrogen and oxygen atoms in total. The van der Waals surface area contributed by atoms with E-state index in [1.807, 2.05) is 37.3 Å². The monoisotopic (exact) mass is 414 g/mol. The van der Waals surface area contributed by atoms with Crippen molar-refractivity contribution in [3.63, 3.8) is 0 Å². The number of nitrogens with one attached hydrogen (secondary N) is 1. The van der Waals surface area contributed by atoms with Gasteiger partial charge in [0.05, 0.1) is 0 Å². The van der Waals surface area contributed by atoms with E-state index in [0.717, 1.165) is 23.4 Å². The van der Waals surface area contributed by atoms with Gasteiger partial charge in [-0.2, -0.15) is 0 Å². The summed E-state index contributed by atoms with van der Waals surface area (Å²) in [6.45, 7) is 12.2. The van der Waals surface area contributed by atoms with Gasteiger partial charge in [0.1, 0.15) is 12.4 Å². The molecule has 2 aromatic carbocycles. The van der Waals surface area contributed by atoms with E-state index in [1.54, 1.807) is 18.2 Å². The molecule has 0 radical (unpaired) electrons. The molecule has 29 heavy (non-hydrogen) atoms. The number of nitrogens with zero attached hydrogens (tertiary/aromatic N) is 1. The van der Waals surface area contributed by atoms with Crippen molar-refractivity contribution >= 4 is 29.3 Å². The van der Waals surface area contributed by atoms with Crippen molar-refractivity contribution in [2.24, 2.45) is 0 Å². The van der Waals surface area contributed by atoms with Crippen LogP contribution in [0, 0.1) is 6.92 Å². The minimum atomic E-state index is -0.194. The molecule has 0 aliphatic rings. The second kappa shape index (κ2) is 11.0. The van der Waals surface area contributed by atoms with Gasteiger partial charge in [0.25, 0.3) is 0 Å². The Morgan fingerprint density at radius 2 is 1.76 bits per heavy atom. The molecular weight excluding hydrogens is 384 g/mol. The lowest BCUT2D eigenvalue weighted by molar-refractivity contribution is -0.111. The Morgan fingerprint density at radius 3 is 2.38 bits per heavy atom. The van der Waals surface area contributed by atoms with Crippen LogP contribution in [0.2, 0.25) is 5.02 Å². The van der Waals surface area contributed by atoms with Crippen LogP contribution in [0.15, 0.2) is 48.5 Å². The molecule has 2 aromatic rings. The van der Waals surface area contributed by atoms with Crippen LogP contribution in [0.5, 0.6) is 5.75 Å². The molecule has 1 N–H and O–H groups in total. The highest BCUT2D eigenvalue weighted by Gasteiger charge is 2.13. The van der Waals surface area contributed by atoms with E-state index in [2.05, 4.69) is 37.9 Å². The fourth-order valence-corrected chi connectivity index (χ4v) is 3.26. The van der Waals surface area contributed by atoms with E-state index in [9.17, 15) is 4.79 Å². The van der Waals surface area contributed by atoms with E-state index in [4.69, 9.17) is 16.3 Å². The predicted octanol–water partition coefficient (Wildman–Crippen LogP) is 5.80. The van der Waals surface area contributed by atoms with Crippen LogP contribution < -0.4 is 10.1 Å². The van der Waals surface area contributed by atoms with Gasteiger partial charge in [-0.15, -0.1) is 0 Å². The number of hydrogen-bond acceptors (Lipinski definition) is 3. The van der Waals surface area contributed by atoms with Crippen molar-refractivity contribution in [3.05, 3.63) is 64.7 Å². The van der Waals surface area contributed by atoms with Crippen molar-refractivity contribution in [3.8, 4) is 5.75 Å². The van der Waals surface area contributed by atoms with E-state index in [-0.39, 0.29) is 5.91 Å². The number of carbonyl (C=O) groups excluding carboxylic acids is 1. The minimum absolute atomic E-state index is 0.194. The van der Waals surface area contributed by atoms with Crippen molar-refractivity contribution in [2.75, 3.05) is 18.5 Å². The zero-order valence-corrected chi connectivity index (χ0v) is 18.7. The maximum Gasteiger partial charge on any atom is 0.248 e. The Labute approximate surface area is 179 Å². The van der Waals surface area contributed by atoms with E-state index in [0.29, 0.717) is 29.4 Å². The highest BCUT2D eigenvalue weighted by atomic mass is 35.5. The smallest absolute Gasteiger partial charge is 0.248 e. The molecule has 0 bridgehead atoms. The van der Waals surface area contributed by atoms with Gasteiger partial charge in [-0.3, -0.25) is 9.69 Å². The Hall–Kier alpha value is -2.30. The largest absolute Gasteiger partial charge is 0.492 e. The van der Waals surface area contributed by atoms with Gasteiger partial charge in [-0.25, -0.2) is 0 Å². The number of ether oxygens (including phenoxy) is 1. The molecule has 0 heterocycles. The van der Waals surface area contributed by atoms with Crippen molar-refractivity contribution in [1.29, 1.82) is 0 Å². The van der Waals surface area contributed by atoms with Crippen LogP contribution in [0.1, 0.15) is 38.8 Å². The molecule has 0 aliphatic heterocycles. The second-order valence-electron chi connectivity index (χ2n) is 7.63. The summed E-state index contributed by atoms with van der Waals surface area (Å²) in [4.78, 5) is 14.6. The van der Waals surface area contributed by atoms with Gasteiger partial charge >= 0.3 is 0 Å². The fourth-order valence-electron chi connectivity index (χ4n) is 3.14. The first-order valence-electron chi connectivity index (χ1n) is 10.00. The van der Waals surface area contributed by atoms with Crippen molar-refractivity contribution in [2.45, 2.75) is 46.7 Å². The van der Waals surface area contributed by atoms with Gasteiger partial charge in [0.15, 0.2) is 0 Å². The van der Waals surface area contributed by atoms with Gasteiger partial charge in [0.2, 0.25) is 5.91 Å². The fraction of sp³-hybridized carbons (Fsp3) is 0.375. The molecule has 0 saturated carbocycles. The molecule has 0 saturated heterocycles. The maximum atomic E-state index is 12.2. The number of amides is 1. The van der Waals surface area contributed by atoms with Crippen molar-refractivity contribution in [1.82, 2.24) is 4.90 Å². The first-order valence-corrected chi connectivity index (χ1v) is 10.4. The molecule has 0 spiro atoms. The summed E-state index contributed by atoms with van der Waals surface area (Å²) in [5.74, 6) is 0.595. The molecule has 156 valence electrons. The molecule has 0 unspecified atom stereocenters. The summed E-state index contributed by atoms with van der Waals surface area (Å²) in [5, 5.41) is 3.55. The quantitative estimate of drug-likeness (QED) is 0.527. The van der Waals surface area contributed by atoms with E-state index < -0.39 is 0 Å². The third-order valence-electron chi connectivity index (χ3n) is 4.69. The minimum Gasteiger partial charge on any atom is -0.492 e. The molecular formula is C24H31ClN2O2. The predicted molar refractivity (Wildman–Crippen MR) is 123 cm³/mol. The molecule has 1 amide bonds. The summed E-state index contributed by atoms with van der Waals surface area (Å²) >= 11 is 5.88. The third-order valence-corrected chi connectivity index (χ3v) is 4.94. The average molecular weight is 415 g/mol. The first-order chi connectivity index (χ1) is 13.8. The molecule has 0 aliphatic carbocycles. The zero-order chi connectivity index (χ0) is 21.4. The summed E-state index contributed by atoms with van der Waals surface area (Å²) in [5.41, 5.74) is 2.67. The first kappa shape index (κ1) is 23.0. The average Bonchev–Trinajstić information content (AvgIpc) is 2.66. The van der Waals surface area contributed by atoms with Gasteiger partial charge < -0.3 is 10.1 Å². The van der Waals surface area contributed by atoms with Gasteiger partial charge in [-0.1, -0.05) is 29.8 Å². The highest BCUT2D eigenvalue weighted by Crippen LogP contribution is 2.23. The number of rotatable bonds is 9. The highest BCUT2D eigenvalue weighted by molar-refractivity contribution is 6.30. The van der Waals surface area contributed by atoms with Crippen molar-refractivity contribution < 1.29 is 9.53 Å². The van der Waals surface area contributed by atoms with E-state index in [1.165, 1.54) is 6.08 Å². The summed E-state index contributed by atoms with van der Waals surface area (Å²) in [6.07, 6.45) is 3.26. The lowest BCUT2D eigenvalue weighted by atomic mass is 10.2. The molecule has 0 aromatic heterocycles. The van der Waals surface area contributed by atoms with Crippen LogP contribution in [-0.4, -0.2) is 36.0 Å². The lowest BCUT2D eigenvalue weighted by Gasteiger charge is -2.30. The maximum absolute atomic E-state index is 12.2. The Kier molecular flexibility index (Phi) is 8.74. The number of carbonyl (C=O) groups is 1. The zero-order valence-electron chi connectivity index (χ0n) is 17.9. The van der Waals surface area contributed by atoms with Crippen LogP contribution >= 0.6 is 11.6 Å². The molecule has 2 rings (SSSR count). The Bertz CT molecular complexity index is 821. The number of hydrogen-bond donors (Lipinski definition) is 1. The second-order valence-corrected chi connectivity index (χ2v) is 8.06. The van der Waals surface area contributed by atoms with Crippen LogP contribution in [0.3, 0.4) is 0 Å². The van der Waals surface area contributed by atoms with Crippen LogP contribution in [-0.2, 0) is 4.79 Å². The molecule has 5 heteroatoms. The van der Waals surface area contributed by atoms with Crippen LogP contribution in [0.4, 0.5) is 5.69 Å². The number of benzene rings is 2. The third kappa shape index (κ3) is 7.56. The SMILES string of the molecule is Cc1ccc(NC(=O)C=Cc2ccc(Cl)cc2)cc1OCCN(C(C)C)C(C)C. The Balaban J connectivity index is 1.95. The Morgan fingerprint density at radius 1 is 1.10 bits per heavy atom. The lowest BCUT2D eigenvalue weighted by Crippen LogP contribution is -2.39. The number of anilines is 1. The molecule has 0 atom stereocenters. The standard InChI is InChI=1S/C24H31ClN2O2/c1-17(2)27(18(3)4)14-15-29-23-16-22(12-6-19(23)5)26-24(28)13-9-20-7-10-21(25)11-8-20/h6-13,16-18H,14-15H2,1-5H3,(H,26,28). The van der Waals surface area contributed by atoms with Gasteiger partial charge in [0, 0.05) is 41.5 Å². The van der Waals surface area contributed by atoms with Crippen LogP contribution in [0.25, 0.3) is 6.08 Å². The summed E-state index contributed by atoms with van der Waals surface area (Å²) < 4.78 is 6.01. The number of halogens is 1. The normalized spacial score (nSPS) is 11.6. The summed E-state index contributed by atoms with van der Waals surface area (Å²) in [6, 6.07) is 14.0. The van der Waals surface area contributed by atoms with E-state index >= 15 is 0 Å². The topological polar surface area (TPSA) is 41.6 Å².